The number of amides is 1. The van der Waals surface area contributed by atoms with Crippen LogP contribution in [0.2, 0.25) is 5.02 Å². The first-order valence-electron chi connectivity index (χ1n) is 12.9. The maximum Gasteiger partial charge on any atom is 0.264 e. The van der Waals surface area contributed by atoms with Crippen molar-refractivity contribution in [3.8, 4) is 0 Å². The van der Waals surface area contributed by atoms with Crippen LogP contribution in [0.4, 0.5) is 24.5 Å². The number of sulfonamides is 1. The smallest absolute Gasteiger partial charge is 0.264 e. The van der Waals surface area contributed by atoms with Crippen LogP contribution in [0.3, 0.4) is 0 Å². The second-order valence-electron chi connectivity index (χ2n) is 10.7. The van der Waals surface area contributed by atoms with Gasteiger partial charge in [-0.2, -0.15) is 0 Å². The molecule has 1 spiro atoms. The highest BCUT2D eigenvalue weighted by Crippen LogP contribution is 2.60. The van der Waals surface area contributed by atoms with E-state index in [9.17, 15) is 30.4 Å². The summed E-state index contributed by atoms with van der Waals surface area (Å²) in [5, 5.41) is 2.47. The third-order valence-electron chi connectivity index (χ3n) is 8.25. The topological polar surface area (TPSA) is 101 Å². The number of nitrogens with one attached hydrogen (secondary N) is 1. The van der Waals surface area contributed by atoms with E-state index in [1.807, 2.05) is 0 Å². The molecule has 3 aliphatic rings. The van der Waals surface area contributed by atoms with Crippen molar-refractivity contribution in [3.63, 3.8) is 0 Å². The summed E-state index contributed by atoms with van der Waals surface area (Å²) in [5.41, 5.74) is -1.98. The second-order valence-corrected chi connectivity index (χ2v) is 15.3. The summed E-state index contributed by atoms with van der Waals surface area (Å²) in [6.45, 7) is 0. The van der Waals surface area contributed by atoms with Crippen molar-refractivity contribution in [2.45, 2.75) is 42.0 Å². The molecule has 41 heavy (non-hydrogen) atoms. The highest BCUT2D eigenvalue weighted by atomic mass is 35.5. The largest absolute Gasteiger partial charge is 0.319 e. The maximum absolute atomic E-state index is 16.6. The number of hydrogen-bond donors (Lipinski definition) is 1. The highest BCUT2D eigenvalue weighted by molar-refractivity contribution is 7.93. The minimum atomic E-state index is -4.35. The lowest BCUT2D eigenvalue weighted by Gasteiger charge is -2.41. The molecule has 1 saturated heterocycles. The lowest BCUT2D eigenvalue weighted by atomic mass is 9.70. The van der Waals surface area contributed by atoms with Crippen LogP contribution in [0, 0.1) is 23.4 Å². The van der Waals surface area contributed by atoms with Crippen molar-refractivity contribution in [1.82, 2.24) is 0 Å². The number of benzene rings is 3. The Morgan fingerprint density at radius 1 is 0.976 bits per heavy atom. The molecule has 2 aliphatic heterocycles. The van der Waals surface area contributed by atoms with Crippen molar-refractivity contribution in [2.24, 2.45) is 5.92 Å². The minimum Gasteiger partial charge on any atom is -0.319 e. The summed E-state index contributed by atoms with van der Waals surface area (Å²) < 4.78 is 98.8. The fraction of sp³-hybridized carbons (Fsp3) is 0.321. The van der Waals surface area contributed by atoms with Gasteiger partial charge in [0.15, 0.2) is 0 Å². The molecule has 1 N–H and O–H groups in total. The van der Waals surface area contributed by atoms with Crippen LogP contribution in [-0.2, 0) is 25.3 Å². The molecule has 0 bridgehead atoms. The van der Waals surface area contributed by atoms with E-state index in [2.05, 4.69) is 5.32 Å². The molecule has 216 valence electrons. The molecule has 1 aliphatic carbocycles. The van der Waals surface area contributed by atoms with E-state index in [1.165, 1.54) is 18.2 Å². The molecule has 7 nitrogen and oxygen atoms in total. The normalized spacial score (nSPS) is 21.1. The predicted octanol–water partition coefficient (Wildman–Crippen LogP) is 5.44. The van der Waals surface area contributed by atoms with Crippen molar-refractivity contribution in [2.75, 3.05) is 21.1 Å². The number of fused-ring (bicyclic) bond motifs is 2. The molecular weight excluding hydrogens is 601 g/mol. The second kappa shape index (κ2) is 9.74. The molecular formula is C28H24ClF3N2O5S2. The standard InChI is InChI=1S/C28H24ClF3N2O5S2/c29-17-3-9-21(31)22(15-17)33-27(35)20-8-10-23-24(25(20)32)28(11-13-40(36,37)14-12-28)26(16-1-2-16)34(23)41(38,39)19-6-4-18(30)5-7-19/h3-10,15-16,26H,1-2,11-14H2,(H,33,35). The average molecular weight is 625 g/mol. The molecule has 13 heteroatoms. The van der Waals surface area contributed by atoms with E-state index in [0.29, 0.717) is 12.8 Å². The number of carbonyl (C=O) groups excluding carboxylic acids is 1. The van der Waals surface area contributed by atoms with Crippen molar-refractivity contribution >= 4 is 48.7 Å². The van der Waals surface area contributed by atoms with Crippen LogP contribution < -0.4 is 9.62 Å². The maximum atomic E-state index is 16.6. The Hall–Kier alpha value is -3.09. The van der Waals surface area contributed by atoms with Crippen molar-refractivity contribution in [3.05, 3.63) is 88.2 Å². The fourth-order valence-corrected chi connectivity index (χ4v) is 9.72. The zero-order valence-electron chi connectivity index (χ0n) is 21.4. The SMILES string of the molecule is O=C(Nc1cc(Cl)ccc1F)c1ccc2c(c1F)C1(CCS(=O)(=O)CC1)C(C1CC1)N2S(=O)(=O)c1ccc(F)cc1. The van der Waals surface area contributed by atoms with Gasteiger partial charge in [0.1, 0.15) is 27.3 Å². The Balaban J connectivity index is 1.52. The fourth-order valence-electron chi connectivity index (χ4n) is 6.21. The van der Waals surface area contributed by atoms with E-state index in [4.69, 9.17) is 11.6 Å². The van der Waals surface area contributed by atoms with E-state index in [-0.39, 0.29) is 57.1 Å². The first kappa shape index (κ1) is 28.0. The Bertz CT molecular complexity index is 1780. The lowest BCUT2D eigenvalue weighted by molar-refractivity contribution is 0.102. The molecule has 3 aromatic rings. The van der Waals surface area contributed by atoms with Gasteiger partial charge in [-0.3, -0.25) is 9.10 Å². The van der Waals surface area contributed by atoms with Gasteiger partial charge in [-0.1, -0.05) is 11.6 Å². The number of rotatable bonds is 5. The van der Waals surface area contributed by atoms with Crippen LogP contribution in [0.1, 0.15) is 41.6 Å². The van der Waals surface area contributed by atoms with Crippen LogP contribution in [0.5, 0.6) is 0 Å². The summed E-state index contributed by atoms with van der Waals surface area (Å²) in [4.78, 5) is 13.0. The number of hydrogen-bond acceptors (Lipinski definition) is 5. The first-order valence-corrected chi connectivity index (χ1v) is 16.6. The molecule has 1 unspecified atom stereocenters. The number of nitrogens with zero attached hydrogens (tertiary/aromatic N) is 1. The van der Waals surface area contributed by atoms with Gasteiger partial charge in [-0.15, -0.1) is 0 Å². The Morgan fingerprint density at radius 3 is 2.27 bits per heavy atom. The van der Waals surface area contributed by atoms with Crippen LogP contribution >= 0.6 is 11.6 Å². The zero-order chi connectivity index (χ0) is 29.3. The van der Waals surface area contributed by atoms with Crippen LogP contribution in [0.15, 0.2) is 59.5 Å². The third-order valence-corrected chi connectivity index (χ3v) is 11.9. The van der Waals surface area contributed by atoms with Gasteiger partial charge in [0.25, 0.3) is 15.9 Å². The van der Waals surface area contributed by atoms with Gasteiger partial charge in [-0.25, -0.2) is 30.0 Å². The van der Waals surface area contributed by atoms with Crippen molar-refractivity contribution in [1.29, 1.82) is 0 Å². The quantitative estimate of drug-likeness (QED) is 0.407. The summed E-state index contributed by atoms with van der Waals surface area (Å²) >= 11 is 5.92. The molecule has 1 saturated carbocycles. The summed E-state index contributed by atoms with van der Waals surface area (Å²) in [6, 6.07) is 9.45. The Morgan fingerprint density at radius 2 is 1.63 bits per heavy atom. The van der Waals surface area contributed by atoms with E-state index in [0.717, 1.165) is 40.7 Å². The number of carbonyl (C=O) groups is 1. The Kier molecular flexibility index (Phi) is 6.66. The number of anilines is 2. The van der Waals surface area contributed by atoms with E-state index < -0.39 is 60.2 Å². The molecule has 2 fully saturated rings. The molecule has 6 rings (SSSR count). The zero-order valence-corrected chi connectivity index (χ0v) is 23.8. The van der Waals surface area contributed by atoms with E-state index >= 15 is 4.39 Å². The van der Waals surface area contributed by atoms with Gasteiger partial charge in [-0.05, 0) is 86.2 Å². The van der Waals surface area contributed by atoms with Crippen LogP contribution in [0.25, 0.3) is 0 Å². The first-order chi connectivity index (χ1) is 19.3. The summed E-state index contributed by atoms with van der Waals surface area (Å²) in [6.07, 6.45) is 1.24. The molecule has 2 heterocycles. The molecule has 1 amide bonds. The monoisotopic (exact) mass is 624 g/mol. The van der Waals surface area contributed by atoms with Gasteiger partial charge in [0, 0.05) is 16.0 Å². The lowest BCUT2D eigenvalue weighted by Crippen LogP contribution is -2.52. The molecule has 0 radical (unpaired) electrons. The Labute approximate surface area is 240 Å². The summed E-state index contributed by atoms with van der Waals surface area (Å²) in [7, 11) is -7.79. The number of halogens is 4. The molecule has 0 aromatic heterocycles. The summed E-state index contributed by atoms with van der Waals surface area (Å²) in [5.74, 6) is -4.11. The van der Waals surface area contributed by atoms with E-state index in [1.54, 1.807) is 0 Å². The van der Waals surface area contributed by atoms with Crippen LogP contribution in [-0.4, -0.2) is 40.3 Å². The van der Waals surface area contributed by atoms with Gasteiger partial charge >= 0.3 is 0 Å². The third kappa shape index (κ3) is 4.69. The predicted molar refractivity (Wildman–Crippen MR) is 148 cm³/mol. The van der Waals surface area contributed by atoms with Gasteiger partial charge in [0.05, 0.1) is 39.4 Å². The average Bonchev–Trinajstić information content (AvgIpc) is 3.71. The minimum absolute atomic E-state index is 0.00788. The van der Waals surface area contributed by atoms with Gasteiger partial charge < -0.3 is 5.32 Å². The highest BCUT2D eigenvalue weighted by Gasteiger charge is 2.62. The van der Waals surface area contributed by atoms with Crippen molar-refractivity contribution < 1.29 is 34.8 Å². The van der Waals surface area contributed by atoms with Gasteiger partial charge in [0.2, 0.25) is 0 Å². The number of sulfone groups is 1. The molecule has 1 atom stereocenters. The molecule has 3 aromatic carbocycles.